The molecule has 0 spiro atoms. The fraction of sp³-hybridized carbons (Fsp3) is 0.188. The Labute approximate surface area is 145 Å². The van der Waals surface area contributed by atoms with E-state index >= 15 is 0 Å². The molecule has 2 aromatic heterocycles. The summed E-state index contributed by atoms with van der Waals surface area (Å²) in [6.07, 6.45) is 2.16. The highest BCUT2D eigenvalue weighted by Crippen LogP contribution is 2.38. The minimum atomic E-state index is 0.205. The lowest BCUT2D eigenvalue weighted by molar-refractivity contribution is -0.116. The Bertz CT molecular complexity index is 815. The van der Waals surface area contributed by atoms with Gasteiger partial charge in [-0.3, -0.25) is 4.79 Å². The Morgan fingerprint density at radius 2 is 2.05 bits per heavy atom. The number of hydrogen-bond donors (Lipinski definition) is 0. The predicted octanol–water partition coefficient (Wildman–Crippen LogP) is 5.19. The Kier molecular flexibility index (Phi) is 4.90. The lowest BCUT2D eigenvalue weighted by atomic mass is 10.1. The number of rotatable bonds is 5. The van der Waals surface area contributed by atoms with Gasteiger partial charge < -0.3 is 0 Å². The van der Waals surface area contributed by atoms with Crippen molar-refractivity contribution < 1.29 is 4.79 Å². The van der Waals surface area contributed by atoms with Crippen LogP contribution < -0.4 is 0 Å². The maximum atomic E-state index is 11.1. The number of Topliss-reactive ketones (excluding diaryl/α,β-unsaturated/α-hetero) is 1. The molecule has 0 unspecified atom stereocenters. The summed E-state index contributed by atoms with van der Waals surface area (Å²) in [4.78, 5) is 20.9. The van der Waals surface area contributed by atoms with Crippen molar-refractivity contribution >= 4 is 55.0 Å². The smallest absolute Gasteiger partial charge is 0.130 e. The molecule has 0 saturated heterocycles. The Morgan fingerprint density at radius 1 is 1.27 bits per heavy atom. The van der Waals surface area contributed by atoms with Crippen LogP contribution in [0.4, 0.5) is 0 Å². The maximum absolute atomic E-state index is 11.1. The highest BCUT2D eigenvalue weighted by molar-refractivity contribution is 9.10. The summed E-state index contributed by atoms with van der Waals surface area (Å²) in [5.41, 5.74) is 2.30. The van der Waals surface area contributed by atoms with Gasteiger partial charge in [-0.1, -0.05) is 28.1 Å². The average molecular weight is 393 g/mol. The fourth-order valence-corrected chi connectivity index (χ4v) is 4.39. The molecular weight excluding hydrogens is 380 g/mol. The average Bonchev–Trinajstić information content (AvgIpc) is 2.93. The van der Waals surface area contributed by atoms with E-state index in [-0.39, 0.29) is 5.78 Å². The lowest BCUT2D eigenvalue weighted by Gasteiger charge is -2.05. The van der Waals surface area contributed by atoms with Crippen LogP contribution in [-0.2, 0) is 4.79 Å². The normalized spacial score (nSPS) is 11.0. The minimum Gasteiger partial charge on any atom is -0.300 e. The number of hydrogen-bond acceptors (Lipinski definition) is 5. The van der Waals surface area contributed by atoms with Crippen LogP contribution in [0.25, 0.3) is 21.3 Å². The minimum absolute atomic E-state index is 0.205. The Hall–Kier alpha value is -1.24. The van der Waals surface area contributed by atoms with Crippen molar-refractivity contribution in [2.75, 3.05) is 5.75 Å². The van der Waals surface area contributed by atoms with Gasteiger partial charge in [0.1, 0.15) is 22.0 Å². The van der Waals surface area contributed by atoms with Gasteiger partial charge in [-0.05, 0) is 24.6 Å². The molecule has 3 rings (SSSR count). The number of aromatic nitrogens is 2. The first-order chi connectivity index (χ1) is 10.6. The molecule has 0 atom stereocenters. The first kappa shape index (κ1) is 15.6. The van der Waals surface area contributed by atoms with Crippen LogP contribution in [0.1, 0.15) is 13.3 Å². The molecule has 0 radical (unpaired) electrons. The van der Waals surface area contributed by atoms with Gasteiger partial charge >= 0.3 is 0 Å². The first-order valence-electron chi connectivity index (χ1n) is 6.75. The number of benzene rings is 1. The van der Waals surface area contributed by atoms with Gasteiger partial charge in [0.15, 0.2) is 0 Å². The van der Waals surface area contributed by atoms with Crippen LogP contribution in [-0.4, -0.2) is 21.5 Å². The molecule has 2 heterocycles. The zero-order valence-corrected chi connectivity index (χ0v) is 15.1. The SMILES string of the molecule is CC(=O)CCSc1ncnc2scc(-c3ccc(Br)cc3)c12. The molecule has 3 nitrogen and oxygen atoms in total. The van der Waals surface area contributed by atoms with Gasteiger partial charge in [0.2, 0.25) is 0 Å². The number of carbonyl (C=O) groups excluding carboxylic acids is 1. The number of halogens is 1. The molecule has 112 valence electrons. The Balaban J connectivity index is 2.00. The van der Waals surface area contributed by atoms with Gasteiger partial charge in [0.05, 0.1) is 5.39 Å². The monoisotopic (exact) mass is 392 g/mol. The molecule has 0 saturated carbocycles. The molecule has 22 heavy (non-hydrogen) atoms. The van der Waals surface area contributed by atoms with Gasteiger partial charge in [0, 0.05) is 27.6 Å². The van der Waals surface area contributed by atoms with E-state index in [0.717, 1.165) is 36.6 Å². The van der Waals surface area contributed by atoms with Crippen molar-refractivity contribution in [3.63, 3.8) is 0 Å². The van der Waals surface area contributed by atoms with E-state index in [4.69, 9.17) is 0 Å². The van der Waals surface area contributed by atoms with E-state index in [1.165, 1.54) is 0 Å². The van der Waals surface area contributed by atoms with Crippen molar-refractivity contribution in [3.05, 3.63) is 40.4 Å². The first-order valence-corrected chi connectivity index (χ1v) is 9.41. The van der Waals surface area contributed by atoms with Crippen LogP contribution in [0.2, 0.25) is 0 Å². The summed E-state index contributed by atoms with van der Waals surface area (Å²) in [5, 5.41) is 4.16. The van der Waals surface area contributed by atoms with Gasteiger partial charge in [0.25, 0.3) is 0 Å². The molecule has 3 aromatic rings. The second-order valence-electron chi connectivity index (χ2n) is 4.82. The molecule has 1 aromatic carbocycles. The number of thiophene rings is 1. The number of nitrogens with zero attached hydrogens (tertiary/aromatic N) is 2. The molecule has 0 aliphatic rings. The summed E-state index contributed by atoms with van der Waals surface area (Å²) in [7, 11) is 0. The third-order valence-electron chi connectivity index (χ3n) is 3.18. The van der Waals surface area contributed by atoms with E-state index in [9.17, 15) is 4.79 Å². The van der Waals surface area contributed by atoms with Gasteiger partial charge in [-0.2, -0.15) is 0 Å². The molecular formula is C16H13BrN2OS2. The molecule has 0 amide bonds. The second-order valence-corrected chi connectivity index (χ2v) is 7.67. The van der Waals surface area contributed by atoms with E-state index < -0.39 is 0 Å². The van der Waals surface area contributed by atoms with Gasteiger partial charge in [-0.15, -0.1) is 23.1 Å². The van der Waals surface area contributed by atoms with Crippen LogP contribution in [0.15, 0.2) is 45.5 Å². The third-order valence-corrected chi connectivity index (χ3v) is 5.59. The summed E-state index contributed by atoms with van der Waals surface area (Å²) in [6.45, 7) is 1.62. The van der Waals surface area contributed by atoms with Crippen molar-refractivity contribution in [2.45, 2.75) is 18.4 Å². The number of thioether (sulfide) groups is 1. The number of carbonyl (C=O) groups is 1. The van der Waals surface area contributed by atoms with Crippen molar-refractivity contribution in [1.29, 1.82) is 0 Å². The molecule has 0 bridgehead atoms. The summed E-state index contributed by atoms with van der Waals surface area (Å²) < 4.78 is 1.06. The van der Waals surface area contributed by atoms with E-state index in [2.05, 4.69) is 43.4 Å². The van der Waals surface area contributed by atoms with Crippen molar-refractivity contribution in [3.8, 4) is 11.1 Å². The lowest BCUT2D eigenvalue weighted by Crippen LogP contribution is -1.93. The van der Waals surface area contributed by atoms with Crippen molar-refractivity contribution in [2.24, 2.45) is 0 Å². The topological polar surface area (TPSA) is 42.9 Å². The standard InChI is InChI=1S/C16H13BrN2OS2/c1-10(20)6-7-21-15-14-13(8-22-16(14)19-9-18-15)11-2-4-12(17)5-3-11/h2-5,8-9H,6-7H2,1H3. The Morgan fingerprint density at radius 3 is 2.77 bits per heavy atom. The van der Waals surface area contributed by atoms with Gasteiger partial charge in [-0.25, -0.2) is 9.97 Å². The van der Waals surface area contributed by atoms with E-state index in [1.807, 2.05) is 12.1 Å². The van der Waals surface area contributed by atoms with Crippen molar-refractivity contribution in [1.82, 2.24) is 9.97 Å². The molecule has 0 fully saturated rings. The molecule has 0 aliphatic heterocycles. The van der Waals surface area contributed by atoms with Crippen LogP contribution in [0, 0.1) is 0 Å². The van der Waals surface area contributed by atoms with E-state index in [0.29, 0.717) is 6.42 Å². The molecule has 0 N–H and O–H groups in total. The number of ketones is 1. The molecule has 6 heteroatoms. The van der Waals surface area contributed by atoms with Crippen LogP contribution in [0.3, 0.4) is 0 Å². The maximum Gasteiger partial charge on any atom is 0.130 e. The molecule has 0 aliphatic carbocycles. The second kappa shape index (κ2) is 6.89. The number of fused-ring (bicyclic) bond motifs is 1. The zero-order valence-electron chi connectivity index (χ0n) is 11.9. The highest BCUT2D eigenvalue weighted by atomic mass is 79.9. The summed E-state index contributed by atoms with van der Waals surface area (Å²) >= 11 is 6.71. The zero-order chi connectivity index (χ0) is 15.5. The summed E-state index contributed by atoms with van der Waals surface area (Å²) in [6, 6.07) is 8.24. The fourth-order valence-electron chi connectivity index (χ4n) is 2.09. The van der Waals surface area contributed by atoms with Crippen LogP contribution in [0.5, 0.6) is 0 Å². The predicted molar refractivity (Wildman–Crippen MR) is 96.6 cm³/mol. The highest BCUT2D eigenvalue weighted by Gasteiger charge is 2.13. The van der Waals surface area contributed by atoms with Crippen LogP contribution >= 0.6 is 39.0 Å². The largest absolute Gasteiger partial charge is 0.300 e. The third kappa shape index (κ3) is 3.39. The quantitative estimate of drug-likeness (QED) is 0.442. The van der Waals surface area contributed by atoms with E-state index in [1.54, 1.807) is 36.3 Å². The summed E-state index contributed by atoms with van der Waals surface area (Å²) in [5.74, 6) is 0.952.